The van der Waals surface area contributed by atoms with Crippen LogP contribution in [-0.4, -0.2) is 26.5 Å². The number of benzene rings is 1. The summed E-state index contributed by atoms with van der Waals surface area (Å²) in [4.78, 5) is 4.51. The van der Waals surface area contributed by atoms with Crippen LogP contribution in [0, 0.1) is 0 Å². The van der Waals surface area contributed by atoms with Crippen molar-refractivity contribution in [2.75, 3.05) is 6.54 Å². The molecule has 1 unspecified atom stereocenters. The van der Waals surface area contributed by atoms with Gasteiger partial charge >= 0.3 is 0 Å². The number of rotatable bonds is 2. The van der Waals surface area contributed by atoms with Gasteiger partial charge in [-0.3, -0.25) is 4.68 Å². The second-order valence-corrected chi connectivity index (χ2v) is 5.10. The molecule has 1 atom stereocenters. The lowest BCUT2D eigenvalue weighted by Crippen LogP contribution is -2.14. The monoisotopic (exact) mass is 269 g/mol. The van der Waals surface area contributed by atoms with Gasteiger partial charge in [-0.2, -0.15) is 10.1 Å². The molecule has 6 heteroatoms. The van der Waals surface area contributed by atoms with Crippen molar-refractivity contribution >= 4 is 10.9 Å². The molecule has 2 aromatic heterocycles. The third kappa shape index (κ3) is 1.72. The summed E-state index contributed by atoms with van der Waals surface area (Å²) in [6.07, 6.45) is 2.21. The molecule has 1 N–H and O–H groups in total. The van der Waals surface area contributed by atoms with E-state index in [1.165, 1.54) is 0 Å². The number of aromatic nitrogens is 4. The number of aryl methyl sites for hydroxylation is 1. The van der Waals surface area contributed by atoms with Crippen LogP contribution in [0.4, 0.5) is 0 Å². The predicted molar refractivity (Wildman–Crippen MR) is 74.0 cm³/mol. The number of para-hydroxylation sites is 1. The van der Waals surface area contributed by atoms with E-state index in [1.54, 1.807) is 0 Å². The van der Waals surface area contributed by atoms with Crippen molar-refractivity contribution in [2.24, 2.45) is 7.05 Å². The molecule has 3 heterocycles. The van der Waals surface area contributed by atoms with Crippen LogP contribution in [0.2, 0.25) is 0 Å². The minimum absolute atomic E-state index is 0.211. The van der Waals surface area contributed by atoms with Gasteiger partial charge in [0.2, 0.25) is 0 Å². The normalized spacial score (nSPS) is 18.9. The van der Waals surface area contributed by atoms with Crippen molar-refractivity contribution in [3.8, 4) is 11.6 Å². The van der Waals surface area contributed by atoms with Crippen molar-refractivity contribution in [1.29, 1.82) is 0 Å². The molecule has 0 saturated carbocycles. The van der Waals surface area contributed by atoms with Gasteiger partial charge in [0.15, 0.2) is 11.5 Å². The molecular formula is C14H15N5O. The summed E-state index contributed by atoms with van der Waals surface area (Å²) in [6.45, 7) is 1.01. The molecular weight excluding hydrogens is 254 g/mol. The number of fused-ring (bicyclic) bond motifs is 1. The van der Waals surface area contributed by atoms with Gasteiger partial charge in [0.05, 0.1) is 11.6 Å². The Kier molecular flexibility index (Phi) is 2.56. The first kappa shape index (κ1) is 11.6. The van der Waals surface area contributed by atoms with E-state index in [-0.39, 0.29) is 6.04 Å². The Balaban J connectivity index is 1.79. The average Bonchev–Trinajstić information content (AvgIpc) is 3.17. The highest BCUT2D eigenvalue weighted by atomic mass is 16.5. The van der Waals surface area contributed by atoms with Crippen LogP contribution in [0.25, 0.3) is 22.5 Å². The molecule has 1 saturated heterocycles. The van der Waals surface area contributed by atoms with Crippen LogP contribution in [0.3, 0.4) is 0 Å². The first-order valence-corrected chi connectivity index (χ1v) is 6.82. The SMILES string of the molecule is Cn1nc(-c2nc(C3CCCN3)no2)c2ccccc21. The van der Waals surface area contributed by atoms with Crippen LogP contribution in [0.5, 0.6) is 0 Å². The van der Waals surface area contributed by atoms with Crippen LogP contribution in [0.1, 0.15) is 24.7 Å². The zero-order valence-electron chi connectivity index (χ0n) is 11.2. The summed E-state index contributed by atoms with van der Waals surface area (Å²) in [6, 6.07) is 8.25. The third-order valence-electron chi connectivity index (χ3n) is 3.77. The molecule has 4 rings (SSSR count). The first-order chi connectivity index (χ1) is 9.83. The van der Waals surface area contributed by atoms with Gasteiger partial charge in [0, 0.05) is 12.4 Å². The highest BCUT2D eigenvalue weighted by Gasteiger charge is 2.23. The van der Waals surface area contributed by atoms with E-state index in [4.69, 9.17) is 4.52 Å². The molecule has 0 spiro atoms. The van der Waals surface area contributed by atoms with Gasteiger partial charge in [-0.1, -0.05) is 23.4 Å². The Hall–Kier alpha value is -2.21. The van der Waals surface area contributed by atoms with E-state index in [0.29, 0.717) is 5.89 Å². The summed E-state index contributed by atoms with van der Waals surface area (Å²) in [5.74, 6) is 1.22. The Bertz CT molecular complexity index is 754. The lowest BCUT2D eigenvalue weighted by atomic mass is 10.2. The highest BCUT2D eigenvalue weighted by molar-refractivity contribution is 5.91. The van der Waals surface area contributed by atoms with E-state index >= 15 is 0 Å². The number of nitrogens with zero attached hydrogens (tertiary/aromatic N) is 4. The fourth-order valence-electron chi connectivity index (χ4n) is 2.75. The molecule has 1 aliphatic rings. The first-order valence-electron chi connectivity index (χ1n) is 6.82. The number of hydrogen-bond donors (Lipinski definition) is 1. The summed E-state index contributed by atoms with van der Waals surface area (Å²) >= 11 is 0. The van der Waals surface area contributed by atoms with Crippen LogP contribution < -0.4 is 5.32 Å². The van der Waals surface area contributed by atoms with Gasteiger partial charge in [0.1, 0.15) is 0 Å². The molecule has 0 amide bonds. The smallest absolute Gasteiger partial charge is 0.279 e. The molecule has 20 heavy (non-hydrogen) atoms. The Morgan fingerprint density at radius 3 is 3.10 bits per heavy atom. The molecule has 0 radical (unpaired) electrons. The minimum Gasteiger partial charge on any atom is -0.332 e. The number of hydrogen-bond acceptors (Lipinski definition) is 5. The maximum atomic E-state index is 5.41. The van der Waals surface area contributed by atoms with Crippen LogP contribution >= 0.6 is 0 Å². The second-order valence-electron chi connectivity index (χ2n) is 5.10. The van der Waals surface area contributed by atoms with Gasteiger partial charge in [0.25, 0.3) is 5.89 Å². The minimum atomic E-state index is 0.211. The second kappa shape index (κ2) is 4.42. The van der Waals surface area contributed by atoms with Gasteiger partial charge in [-0.05, 0) is 25.5 Å². The molecule has 1 aliphatic heterocycles. The fourth-order valence-corrected chi connectivity index (χ4v) is 2.75. The quantitative estimate of drug-likeness (QED) is 0.771. The summed E-state index contributed by atoms with van der Waals surface area (Å²) < 4.78 is 7.24. The largest absolute Gasteiger partial charge is 0.332 e. The van der Waals surface area contributed by atoms with E-state index in [1.807, 2.05) is 36.0 Å². The molecule has 102 valence electrons. The summed E-state index contributed by atoms with van der Waals surface area (Å²) in [5.41, 5.74) is 1.81. The van der Waals surface area contributed by atoms with Crippen LogP contribution in [-0.2, 0) is 7.05 Å². The van der Waals surface area contributed by atoms with E-state index in [9.17, 15) is 0 Å². The lowest BCUT2D eigenvalue weighted by Gasteiger charge is -2.01. The Labute approximate surface area is 115 Å². The third-order valence-corrected chi connectivity index (χ3v) is 3.77. The Morgan fingerprint density at radius 2 is 2.25 bits per heavy atom. The molecule has 6 nitrogen and oxygen atoms in total. The molecule has 0 bridgehead atoms. The van der Waals surface area contributed by atoms with Crippen LogP contribution in [0.15, 0.2) is 28.8 Å². The fraction of sp³-hybridized carbons (Fsp3) is 0.357. The van der Waals surface area contributed by atoms with E-state index in [0.717, 1.165) is 41.8 Å². The van der Waals surface area contributed by atoms with Gasteiger partial charge in [-0.15, -0.1) is 0 Å². The van der Waals surface area contributed by atoms with Crippen molar-refractivity contribution in [2.45, 2.75) is 18.9 Å². The van der Waals surface area contributed by atoms with Crippen molar-refractivity contribution in [3.05, 3.63) is 30.1 Å². The van der Waals surface area contributed by atoms with Gasteiger partial charge in [-0.25, -0.2) is 0 Å². The Morgan fingerprint density at radius 1 is 1.35 bits per heavy atom. The zero-order chi connectivity index (χ0) is 13.5. The maximum absolute atomic E-state index is 5.41. The zero-order valence-corrected chi connectivity index (χ0v) is 11.2. The van der Waals surface area contributed by atoms with Crippen molar-refractivity contribution in [3.63, 3.8) is 0 Å². The molecule has 1 fully saturated rings. The van der Waals surface area contributed by atoms with Crippen molar-refractivity contribution in [1.82, 2.24) is 25.2 Å². The average molecular weight is 269 g/mol. The molecule has 1 aromatic carbocycles. The van der Waals surface area contributed by atoms with E-state index in [2.05, 4.69) is 20.6 Å². The summed E-state index contributed by atoms with van der Waals surface area (Å²) in [5, 5.41) is 13.0. The van der Waals surface area contributed by atoms with Gasteiger partial charge < -0.3 is 9.84 Å². The topological polar surface area (TPSA) is 68.8 Å². The molecule has 0 aliphatic carbocycles. The predicted octanol–water partition coefficient (Wildman–Crippen LogP) is 2.05. The standard InChI is InChI=1S/C14H15N5O/c1-19-11-7-3-2-5-9(11)12(17-19)14-16-13(18-20-14)10-6-4-8-15-10/h2-3,5,7,10,15H,4,6,8H2,1H3. The van der Waals surface area contributed by atoms with Crippen molar-refractivity contribution < 1.29 is 4.52 Å². The lowest BCUT2D eigenvalue weighted by molar-refractivity contribution is 0.411. The maximum Gasteiger partial charge on any atom is 0.279 e. The number of nitrogens with one attached hydrogen (secondary N) is 1. The highest BCUT2D eigenvalue weighted by Crippen LogP contribution is 2.28. The molecule has 3 aromatic rings. The summed E-state index contributed by atoms with van der Waals surface area (Å²) in [7, 11) is 1.92. The van der Waals surface area contributed by atoms with E-state index < -0.39 is 0 Å².